The topological polar surface area (TPSA) is 38.0 Å². The molecule has 1 unspecified atom stereocenters. The van der Waals surface area contributed by atoms with Crippen LogP contribution >= 0.6 is 12.2 Å². The fourth-order valence-corrected chi connectivity index (χ4v) is 2.18. The van der Waals surface area contributed by atoms with E-state index in [2.05, 4.69) is 31.4 Å². The molecule has 0 fully saturated rings. The number of hydrogen-bond acceptors (Lipinski definition) is 2. The summed E-state index contributed by atoms with van der Waals surface area (Å²) in [6, 6.07) is 2.97. The van der Waals surface area contributed by atoms with Crippen molar-refractivity contribution in [2.45, 2.75) is 46.1 Å². The number of nitrogens with one attached hydrogen (secondary N) is 1. The summed E-state index contributed by atoms with van der Waals surface area (Å²) < 4.78 is 27.6. The van der Waals surface area contributed by atoms with Gasteiger partial charge in [0, 0.05) is 11.6 Å². The van der Waals surface area contributed by atoms with Gasteiger partial charge in [-0.1, -0.05) is 38.9 Å². The fourth-order valence-electron chi connectivity index (χ4n) is 2.02. The predicted octanol–water partition coefficient (Wildman–Crippen LogP) is 4.23. The van der Waals surface area contributed by atoms with Crippen molar-refractivity contribution in [3.8, 4) is 0 Å². The van der Waals surface area contributed by atoms with Crippen LogP contribution in [0.15, 0.2) is 12.1 Å². The normalized spacial score (nSPS) is 12.5. The summed E-state index contributed by atoms with van der Waals surface area (Å²) >= 11 is 4.67. The van der Waals surface area contributed by atoms with Gasteiger partial charge in [-0.25, -0.2) is 8.78 Å². The summed E-state index contributed by atoms with van der Waals surface area (Å²) in [5, 5.41) is 2.99. The maximum absolute atomic E-state index is 13.9. The zero-order chi connectivity index (χ0) is 15.3. The standard InChI is InChI=1S/C15H22F2N2S/c1-9(2)5-4-6-10(3)19-12-8-7-11(15(18)20)13(16)14(12)17/h7-10,19H,4-6H2,1-3H3,(H2,18,20). The van der Waals surface area contributed by atoms with Crippen molar-refractivity contribution >= 4 is 22.9 Å². The van der Waals surface area contributed by atoms with Crippen LogP contribution in [-0.2, 0) is 0 Å². The third kappa shape index (κ3) is 4.71. The molecule has 112 valence electrons. The fraction of sp³-hybridized carbons (Fsp3) is 0.533. The predicted molar refractivity (Wildman–Crippen MR) is 84.0 cm³/mol. The Balaban J connectivity index is 2.69. The first kappa shape index (κ1) is 16.8. The number of thiocarbonyl (C=S) groups is 1. The summed E-state index contributed by atoms with van der Waals surface area (Å²) in [5.74, 6) is -1.26. The molecule has 20 heavy (non-hydrogen) atoms. The Morgan fingerprint density at radius 2 is 1.85 bits per heavy atom. The van der Waals surface area contributed by atoms with Crippen molar-refractivity contribution in [3.05, 3.63) is 29.3 Å². The molecular formula is C15H22F2N2S. The molecule has 2 nitrogen and oxygen atoms in total. The van der Waals surface area contributed by atoms with E-state index < -0.39 is 11.6 Å². The van der Waals surface area contributed by atoms with Crippen LogP contribution in [0.2, 0.25) is 0 Å². The lowest BCUT2D eigenvalue weighted by molar-refractivity contribution is 0.502. The van der Waals surface area contributed by atoms with Gasteiger partial charge in [0.1, 0.15) is 4.99 Å². The first-order chi connectivity index (χ1) is 9.32. The Labute approximate surface area is 124 Å². The molecule has 1 aromatic carbocycles. The van der Waals surface area contributed by atoms with E-state index in [1.54, 1.807) is 0 Å². The van der Waals surface area contributed by atoms with Gasteiger partial charge in [0.05, 0.1) is 5.69 Å². The highest BCUT2D eigenvalue weighted by Crippen LogP contribution is 2.22. The van der Waals surface area contributed by atoms with E-state index >= 15 is 0 Å². The number of rotatable bonds is 7. The lowest BCUT2D eigenvalue weighted by Crippen LogP contribution is -2.18. The van der Waals surface area contributed by atoms with Gasteiger partial charge < -0.3 is 11.1 Å². The van der Waals surface area contributed by atoms with Crippen LogP contribution in [0.5, 0.6) is 0 Å². The Kier molecular flexibility index (Phi) is 6.33. The average molecular weight is 300 g/mol. The number of anilines is 1. The first-order valence-corrected chi connectivity index (χ1v) is 7.28. The first-order valence-electron chi connectivity index (χ1n) is 6.87. The van der Waals surface area contributed by atoms with Gasteiger partial charge in [0.15, 0.2) is 11.6 Å². The molecule has 0 radical (unpaired) electrons. The van der Waals surface area contributed by atoms with Crippen molar-refractivity contribution in [2.24, 2.45) is 11.7 Å². The molecule has 0 heterocycles. The maximum atomic E-state index is 13.9. The van der Waals surface area contributed by atoms with E-state index in [-0.39, 0.29) is 22.3 Å². The number of nitrogens with two attached hydrogens (primary N) is 1. The van der Waals surface area contributed by atoms with Gasteiger partial charge in [-0.05, 0) is 31.4 Å². The highest BCUT2D eigenvalue weighted by atomic mass is 32.1. The van der Waals surface area contributed by atoms with E-state index in [1.807, 2.05) is 6.92 Å². The van der Waals surface area contributed by atoms with Gasteiger partial charge >= 0.3 is 0 Å². The molecule has 0 saturated carbocycles. The molecule has 1 aromatic rings. The molecule has 0 saturated heterocycles. The highest BCUT2D eigenvalue weighted by Gasteiger charge is 2.16. The molecule has 3 N–H and O–H groups in total. The lowest BCUT2D eigenvalue weighted by atomic mass is 10.0. The molecule has 0 aromatic heterocycles. The van der Waals surface area contributed by atoms with Crippen molar-refractivity contribution < 1.29 is 8.78 Å². The van der Waals surface area contributed by atoms with E-state index in [4.69, 9.17) is 5.73 Å². The van der Waals surface area contributed by atoms with Crippen molar-refractivity contribution in [2.75, 3.05) is 5.32 Å². The van der Waals surface area contributed by atoms with Crippen LogP contribution in [0.1, 0.15) is 45.6 Å². The van der Waals surface area contributed by atoms with Crippen LogP contribution in [0, 0.1) is 17.6 Å². The molecule has 0 aliphatic carbocycles. The zero-order valence-corrected chi connectivity index (χ0v) is 13.0. The van der Waals surface area contributed by atoms with Gasteiger partial charge in [0.25, 0.3) is 0 Å². The molecule has 0 amide bonds. The molecule has 1 rings (SSSR count). The number of hydrogen-bond donors (Lipinski definition) is 2. The summed E-state index contributed by atoms with van der Waals surface area (Å²) in [4.78, 5) is -0.141. The largest absolute Gasteiger partial charge is 0.389 e. The summed E-state index contributed by atoms with van der Waals surface area (Å²) in [7, 11) is 0. The Morgan fingerprint density at radius 3 is 2.40 bits per heavy atom. The third-order valence-corrected chi connectivity index (χ3v) is 3.39. The minimum absolute atomic E-state index is 0.0597. The molecule has 1 atom stereocenters. The van der Waals surface area contributed by atoms with Gasteiger partial charge in [-0.3, -0.25) is 0 Å². The van der Waals surface area contributed by atoms with E-state index in [0.717, 1.165) is 19.3 Å². The maximum Gasteiger partial charge on any atom is 0.182 e. The van der Waals surface area contributed by atoms with Crippen molar-refractivity contribution in [1.29, 1.82) is 0 Å². The highest BCUT2D eigenvalue weighted by molar-refractivity contribution is 7.80. The van der Waals surface area contributed by atoms with E-state index in [9.17, 15) is 8.78 Å². The minimum Gasteiger partial charge on any atom is -0.389 e. The third-order valence-electron chi connectivity index (χ3n) is 3.17. The Hall–Kier alpha value is -1.23. The van der Waals surface area contributed by atoms with Gasteiger partial charge in [0.2, 0.25) is 0 Å². The smallest absolute Gasteiger partial charge is 0.182 e. The molecule has 0 bridgehead atoms. The quantitative estimate of drug-likeness (QED) is 0.740. The van der Waals surface area contributed by atoms with Crippen LogP contribution in [-0.4, -0.2) is 11.0 Å². The Morgan fingerprint density at radius 1 is 1.20 bits per heavy atom. The summed E-state index contributed by atoms with van der Waals surface area (Å²) in [6.45, 7) is 6.29. The van der Waals surface area contributed by atoms with Crippen LogP contribution in [0.3, 0.4) is 0 Å². The monoisotopic (exact) mass is 300 g/mol. The Bertz CT molecular complexity index is 475. The molecule has 0 aliphatic rings. The van der Waals surface area contributed by atoms with E-state index in [0.29, 0.717) is 5.92 Å². The summed E-state index contributed by atoms with van der Waals surface area (Å²) in [6.07, 6.45) is 3.10. The van der Waals surface area contributed by atoms with Crippen LogP contribution in [0.25, 0.3) is 0 Å². The number of benzene rings is 1. The van der Waals surface area contributed by atoms with Crippen molar-refractivity contribution in [3.63, 3.8) is 0 Å². The SMILES string of the molecule is CC(C)CCCC(C)Nc1ccc(C(N)=S)c(F)c1F. The second-order valence-electron chi connectivity index (χ2n) is 5.52. The summed E-state index contributed by atoms with van der Waals surface area (Å²) in [5.41, 5.74) is 5.43. The van der Waals surface area contributed by atoms with Crippen molar-refractivity contribution in [1.82, 2.24) is 0 Å². The second kappa shape index (κ2) is 7.53. The van der Waals surface area contributed by atoms with Gasteiger partial charge in [-0.2, -0.15) is 0 Å². The van der Waals surface area contributed by atoms with Crippen LogP contribution in [0.4, 0.5) is 14.5 Å². The molecule has 0 aliphatic heterocycles. The number of halogens is 2. The minimum atomic E-state index is -0.989. The average Bonchev–Trinajstić information content (AvgIpc) is 2.34. The van der Waals surface area contributed by atoms with Crippen LogP contribution < -0.4 is 11.1 Å². The van der Waals surface area contributed by atoms with Gasteiger partial charge in [-0.15, -0.1) is 0 Å². The molecular weight excluding hydrogens is 278 g/mol. The lowest BCUT2D eigenvalue weighted by Gasteiger charge is -2.17. The molecule has 5 heteroatoms. The molecule has 0 spiro atoms. The zero-order valence-electron chi connectivity index (χ0n) is 12.2. The van der Waals surface area contributed by atoms with E-state index in [1.165, 1.54) is 12.1 Å². The second-order valence-corrected chi connectivity index (χ2v) is 5.96.